The molecule has 18 heavy (non-hydrogen) atoms. The lowest BCUT2D eigenvalue weighted by Gasteiger charge is -2.32. The number of anilines is 1. The summed E-state index contributed by atoms with van der Waals surface area (Å²) in [4.78, 5) is 2.52. The molecule has 2 saturated heterocycles. The van der Waals surface area contributed by atoms with Gasteiger partial charge in [-0.2, -0.15) is 5.26 Å². The second-order valence-corrected chi connectivity index (χ2v) is 5.63. The van der Waals surface area contributed by atoms with E-state index in [1.807, 2.05) is 6.07 Å². The molecule has 2 heterocycles. The van der Waals surface area contributed by atoms with Gasteiger partial charge in [0.05, 0.1) is 11.3 Å². The van der Waals surface area contributed by atoms with E-state index in [2.05, 4.69) is 16.3 Å². The van der Waals surface area contributed by atoms with E-state index in [1.54, 1.807) is 12.1 Å². The van der Waals surface area contributed by atoms with Crippen molar-refractivity contribution in [2.45, 2.75) is 18.9 Å². The minimum Gasteiger partial charge on any atom is -0.381 e. The lowest BCUT2D eigenvalue weighted by Crippen LogP contribution is -2.39. The van der Waals surface area contributed by atoms with Gasteiger partial charge in [-0.15, -0.1) is 0 Å². The highest BCUT2D eigenvalue weighted by Gasteiger charge is 2.34. The molecule has 0 aliphatic carbocycles. The molecule has 2 aliphatic heterocycles. The van der Waals surface area contributed by atoms with Gasteiger partial charge in [-0.25, -0.2) is 0 Å². The van der Waals surface area contributed by atoms with Crippen molar-refractivity contribution >= 4 is 17.3 Å². The van der Waals surface area contributed by atoms with Crippen LogP contribution < -0.4 is 5.32 Å². The molecular formula is C14H16ClN3. The highest BCUT2D eigenvalue weighted by molar-refractivity contribution is 6.30. The maximum atomic E-state index is 9.13. The maximum Gasteiger partial charge on any atom is 0.101 e. The summed E-state index contributed by atoms with van der Waals surface area (Å²) in [5.74, 6) is 0.712. The van der Waals surface area contributed by atoms with Gasteiger partial charge >= 0.3 is 0 Å². The lowest BCUT2D eigenvalue weighted by molar-refractivity contribution is 0.255. The van der Waals surface area contributed by atoms with Crippen LogP contribution in [0.3, 0.4) is 0 Å². The predicted molar refractivity (Wildman–Crippen MR) is 72.7 cm³/mol. The van der Waals surface area contributed by atoms with E-state index >= 15 is 0 Å². The van der Waals surface area contributed by atoms with Gasteiger partial charge in [-0.05, 0) is 43.5 Å². The zero-order valence-electron chi connectivity index (χ0n) is 10.2. The number of nitriles is 1. The molecule has 1 aromatic carbocycles. The molecule has 2 bridgehead atoms. The van der Waals surface area contributed by atoms with Crippen molar-refractivity contribution in [1.82, 2.24) is 4.90 Å². The van der Waals surface area contributed by atoms with E-state index in [9.17, 15) is 0 Å². The second kappa shape index (κ2) is 4.79. The van der Waals surface area contributed by atoms with E-state index in [1.165, 1.54) is 19.5 Å². The molecule has 3 atom stereocenters. The van der Waals surface area contributed by atoms with Gasteiger partial charge in [0.1, 0.15) is 6.07 Å². The van der Waals surface area contributed by atoms with Gasteiger partial charge in [0.2, 0.25) is 0 Å². The monoisotopic (exact) mass is 261 g/mol. The Morgan fingerprint density at radius 2 is 2.17 bits per heavy atom. The van der Waals surface area contributed by atoms with Crippen LogP contribution in [0.2, 0.25) is 5.02 Å². The van der Waals surface area contributed by atoms with Gasteiger partial charge in [0.25, 0.3) is 0 Å². The molecule has 0 saturated carbocycles. The molecule has 0 radical (unpaired) electrons. The topological polar surface area (TPSA) is 39.1 Å². The number of piperidine rings is 1. The molecule has 1 aromatic rings. The molecule has 0 spiro atoms. The molecule has 3 rings (SSSR count). The Bertz CT molecular complexity index is 494. The summed E-state index contributed by atoms with van der Waals surface area (Å²) < 4.78 is 0. The summed E-state index contributed by atoms with van der Waals surface area (Å²) in [5, 5.41) is 13.3. The third-order valence-electron chi connectivity index (χ3n) is 4.08. The minimum absolute atomic E-state index is 0.481. The number of halogens is 1. The van der Waals surface area contributed by atoms with Gasteiger partial charge in [-0.3, -0.25) is 0 Å². The Hall–Kier alpha value is -1.24. The summed E-state index contributed by atoms with van der Waals surface area (Å²) in [6.07, 6.45) is 2.42. The summed E-state index contributed by atoms with van der Waals surface area (Å²) in [6, 6.07) is 8.12. The average Bonchev–Trinajstić information content (AvgIpc) is 2.76. The Morgan fingerprint density at radius 3 is 3.00 bits per heavy atom. The van der Waals surface area contributed by atoms with Gasteiger partial charge in [0, 0.05) is 24.2 Å². The quantitative estimate of drug-likeness (QED) is 0.890. The number of fused-ring (bicyclic) bond motifs is 2. The summed E-state index contributed by atoms with van der Waals surface area (Å²) in [6.45, 7) is 3.58. The Labute approximate surface area is 112 Å². The predicted octanol–water partition coefficient (Wildman–Crippen LogP) is 2.72. The van der Waals surface area contributed by atoms with Gasteiger partial charge < -0.3 is 10.2 Å². The van der Waals surface area contributed by atoms with Crippen LogP contribution in [0.4, 0.5) is 5.69 Å². The van der Waals surface area contributed by atoms with Crippen LogP contribution in [0.15, 0.2) is 18.2 Å². The number of nitrogens with zero attached hydrogens (tertiary/aromatic N) is 2. The van der Waals surface area contributed by atoms with Crippen molar-refractivity contribution < 1.29 is 0 Å². The van der Waals surface area contributed by atoms with E-state index in [0.29, 0.717) is 22.5 Å². The SMILES string of the molecule is N#Cc1ccc(Cl)cc1NC1CCN2CCC1C2. The highest BCUT2D eigenvalue weighted by atomic mass is 35.5. The fraction of sp³-hybridized carbons (Fsp3) is 0.500. The molecule has 3 nitrogen and oxygen atoms in total. The third-order valence-corrected chi connectivity index (χ3v) is 4.31. The van der Waals surface area contributed by atoms with Crippen molar-refractivity contribution in [3.63, 3.8) is 0 Å². The molecular weight excluding hydrogens is 246 g/mol. The Kier molecular flexibility index (Phi) is 3.15. The Balaban J connectivity index is 1.80. The van der Waals surface area contributed by atoms with Gasteiger partial charge in [0.15, 0.2) is 0 Å². The standard InChI is InChI=1S/C14H16ClN3/c15-12-2-1-10(8-16)14(7-12)17-13-4-6-18-5-3-11(13)9-18/h1-2,7,11,13,17H,3-6,9H2. The first kappa shape index (κ1) is 11.8. The molecule has 2 aliphatic rings. The number of nitrogens with one attached hydrogen (secondary N) is 1. The van der Waals surface area contributed by atoms with Crippen LogP contribution in [-0.4, -0.2) is 30.6 Å². The number of rotatable bonds is 2. The highest BCUT2D eigenvalue weighted by Crippen LogP contribution is 2.31. The third kappa shape index (κ3) is 2.19. The van der Waals surface area contributed by atoms with Crippen molar-refractivity contribution in [1.29, 1.82) is 5.26 Å². The van der Waals surface area contributed by atoms with Crippen LogP contribution >= 0.6 is 11.6 Å². The number of hydrogen-bond acceptors (Lipinski definition) is 3. The first-order valence-electron chi connectivity index (χ1n) is 6.45. The largest absolute Gasteiger partial charge is 0.381 e. The van der Waals surface area contributed by atoms with Crippen molar-refractivity contribution in [3.05, 3.63) is 28.8 Å². The van der Waals surface area contributed by atoms with Crippen molar-refractivity contribution in [2.75, 3.05) is 25.0 Å². The molecule has 4 heteroatoms. The van der Waals surface area contributed by atoms with Crippen LogP contribution in [-0.2, 0) is 0 Å². The van der Waals surface area contributed by atoms with Crippen molar-refractivity contribution in [2.24, 2.45) is 5.92 Å². The first-order valence-corrected chi connectivity index (χ1v) is 6.82. The van der Waals surface area contributed by atoms with E-state index in [-0.39, 0.29) is 0 Å². The molecule has 94 valence electrons. The maximum absolute atomic E-state index is 9.13. The first-order chi connectivity index (χ1) is 8.76. The second-order valence-electron chi connectivity index (χ2n) is 5.19. The zero-order valence-corrected chi connectivity index (χ0v) is 11.0. The summed E-state index contributed by atoms with van der Waals surface area (Å²) in [5.41, 5.74) is 1.56. The summed E-state index contributed by atoms with van der Waals surface area (Å²) in [7, 11) is 0. The van der Waals surface area contributed by atoms with E-state index < -0.39 is 0 Å². The molecule has 0 aromatic heterocycles. The molecule has 3 unspecified atom stereocenters. The van der Waals surface area contributed by atoms with Crippen LogP contribution in [0.25, 0.3) is 0 Å². The van der Waals surface area contributed by atoms with E-state index in [0.717, 1.165) is 18.7 Å². The van der Waals surface area contributed by atoms with Crippen LogP contribution in [0, 0.1) is 17.2 Å². The smallest absolute Gasteiger partial charge is 0.101 e. The van der Waals surface area contributed by atoms with Crippen LogP contribution in [0.1, 0.15) is 18.4 Å². The minimum atomic E-state index is 0.481. The normalized spacial score (nSPS) is 29.9. The molecule has 1 N–H and O–H groups in total. The molecule has 2 fully saturated rings. The zero-order chi connectivity index (χ0) is 12.5. The summed E-state index contributed by atoms with van der Waals surface area (Å²) >= 11 is 6.01. The van der Waals surface area contributed by atoms with Crippen LogP contribution in [0.5, 0.6) is 0 Å². The lowest BCUT2D eigenvalue weighted by atomic mass is 9.93. The van der Waals surface area contributed by atoms with Crippen molar-refractivity contribution in [3.8, 4) is 6.07 Å². The fourth-order valence-electron chi connectivity index (χ4n) is 3.07. The van der Waals surface area contributed by atoms with E-state index in [4.69, 9.17) is 16.9 Å². The fourth-order valence-corrected chi connectivity index (χ4v) is 3.25. The van der Waals surface area contributed by atoms with Gasteiger partial charge in [-0.1, -0.05) is 11.6 Å². The number of hydrogen-bond donors (Lipinski definition) is 1. The molecule has 0 amide bonds. The number of benzene rings is 1. The Morgan fingerprint density at radius 1 is 1.33 bits per heavy atom. The average molecular weight is 262 g/mol.